The first kappa shape index (κ1) is 20.4. The van der Waals surface area contributed by atoms with Crippen LogP contribution in [0.4, 0.5) is 32.0 Å². The Hall–Kier alpha value is -3.37. The van der Waals surface area contributed by atoms with E-state index in [2.05, 4.69) is 4.98 Å². The number of carbonyl (C=O) groups excluding carboxylic acids is 1. The highest BCUT2D eigenvalue weighted by Crippen LogP contribution is 2.37. The zero-order valence-electron chi connectivity index (χ0n) is 14.5. The van der Waals surface area contributed by atoms with Gasteiger partial charge in [0.15, 0.2) is 0 Å². The van der Waals surface area contributed by atoms with Crippen LogP contribution in [-0.2, 0) is 19.4 Å². The molecule has 0 unspecified atom stereocenters. The predicted octanol–water partition coefficient (Wildman–Crippen LogP) is 4.22. The van der Waals surface area contributed by atoms with Crippen LogP contribution in [0, 0.1) is 0 Å². The first-order valence-electron chi connectivity index (χ1n) is 7.93. The number of rotatable bonds is 2. The number of alkyl halides is 6. The SMILES string of the molecule is Cn1c(=O)c(C(=O)Nc2cc(C(F)(F)F)cc(C(F)(F)F)c2)cc2cccnc21. The number of aryl methyl sites for hydroxylation is 1. The summed E-state index contributed by atoms with van der Waals surface area (Å²) in [6.07, 6.45) is -8.71. The molecule has 0 aliphatic carbocycles. The molecular weight excluding hydrogens is 404 g/mol. The number of hydrogen-bond acceptors (Lipinski definition) is 3. The lowest BCUT2D eigenvalue weighted by atomic mass is 10.1. The van der Waals surface area contributed by atoms with Gasteiger partial charge in [-0.2, -0.15) is 26.3 Å². The van der Waals surface area contributed by atoms with Gasteiger partial charge in [0.2, 0.25) is 0 Å². The molecule has 0 saturated heterocycles. The predicted molar refractivity (Wildman–Crippen MR) is 91.4 cm³/mol. The number of anilines is 1. The van der Waals surface area contributed by atoms with E-state index in [1.54, 1.807) is 6.07 Å². The van der Waals surface area contributed by atoms with E-state index in [9.17, 15) is 35.9 Å². The smallest absolute Gasteiger partial charge is 0.322 e. The van der Waals surface area contributed by atoms with Gasteiger partial charge in [-0.3, -0.25) is 14.2 Å². The second-order valence-electron chi connectivity index (χ2n) is 6.09. The molecule has 0 aliphatic rings. The van der Waals surface area contributed by atoms with Gasteiger partial charge in [-0.25, -0.2) is 4.98 Å². The number of aromatic nitrogens is 2. The Morgan fingerprint density at radius 1 is 1.00 bits per heavy atom. The summed E-state index contributed by atoms with van der Waals surface area (Å²) in [5, 5.41) is 2.33. The lowest BCUT2D eigenvalue weighted by molar-refractivity contribution is -0.143. The van der Waals surface area contributed by atoms with Crippen LogP contribution in [0.1, 0.15) is 21.5 Å². The van der Waals surface area contributed by atoms with Gasteiger partial charge in [-0.05, 0) is 36.4 Å². The van der Waals surface area contributed by atoms with Crippen molar-refractivity contribution in [2.45, 2.75) is 12.4 Å². The summed E-state index contributed by atoms with van der Waals surface area (Å²) in [4.78, 5) is 28.8. The van der Waals surface area contributed by atoms with Crippen molar-refractivity contribution in [2.24, 2.45) is 7.05 Å². The molecule has 5 nitrogen and oxygen atoms in total. The summed E-state index contributed by atoms with van der Waals surface area (Å²) in [6.45, 7) is 0. The molecule has 3 aromatic rings. The van der Waals surface area contributed by atoms with Crippen molar-refractivity contribution in [1.82, 2.24) is 9.55 Å². The first-order chi connectivity index (χ1) is 13.4. The van der Waals surface area contributed by atoms with Crippen LogP contribution >= 0.6 is 0 Å². The van der Waals surface area contributed by atoms with E-state index in [0.717, 1.165) is 10.6 Å². The molecule has 0 atom stereocenters. The second kappa shape index (κ2) is 6.90. The van der Waals surface area contributed by atoms with Crippen LogP contribution in [0.15, 0.2) is 47.4 Å². The van der Waals surface area contributed by atoms with Gasteiger partial charge in [0.1, 0.15) is 11.2 Å². The number of nitrogens with one attached hydrogen (secondary N) is 1. The molecule has 0 bridgehead atoms. The zero-order chi connectivity index (χ0) is 21.6. The molecule has 29 heavy (non-hydrogen) atoms. The molecule has 0 spiro atoms. The molecule has 1 aromatic carbocycles. The minimum absolute atomic E-state index is 0.0591. The van der Waals surface area contributed by atoms with Crippen molar-refractivity contribution in [2.75, 3.05) is 5.32 Å². The zero-order valence-corrected chi connectivity index (χ0v) is 14.5. The maximum atomic E-state index is 12.9. The van der Waals surface area contributed by atoms with Crippen LogP contribution in [-0.4, -0.2) is 15.5 Å². The fourth-order valence-corrected chi connectivity index (χ4v) is 2.68. The van der Waals surface area contributed by atoms with E-state index < -0.39 is 46.2 Å². The van der Waals surface area contributed by atoms with Gasteiger partial charge in [0.25, 0.3) is 11.5 Å². The number of hydrogen-bond donors (Lipinski definition) is 1. The molecule has 0 saturated carbocycles. The Balaban J connectivity index is 2.06. The van der Waals surface area contributed by atoms with E-state index >= 15 is 0 Å². The van der Waals surface area contributed by atoms with Crippen LogP contribution < -0.4 is 10.9 Å². The summed E-state index contributed by atoms with van der Waals surface area (Å²) in [5.41, 5.74) is -4.93. The fraction of sp³-hybridized carbons (Fsp3) is 0.167. The highest BCUT2D eigenvalue weighted by atomic mass is 19.4. The van der Waals surface area contributed by atoms with Crippen molar-refractivity contribution in [3.8, 4) is 0 Å². The second-order valence-corrected chi connectivity index (χ2v) is 6.09. The molecule has 1 N–H and O–H groups in total. The lowest BCUT2D eigenvalue weighted by Gasteiger charge is -2.15. The lowest BCUT2D eigenvalue weighted by Crippen LogP contribution is -2.28. The third-order valence-corrected chi connectivity index (χ3v) is 4.06. The van der Waals surface area contributed by atoms with E-state index in [1.807, 2.05) is 5.32 Å². The van der Waals surface area contributed by atoms with E-state index in [0.29, 0.717) is 17.5 Å². The molecule has 152 valence electrons. The summed E-state index contributed by atoms with van der Waals surface area (Å²) in [5.74, 6) is -1.15. The summed E-state index contributed by atoms with van der Waals surface area (Å²) in [7, 11) is 1.33. The third-order valence-electron chi connectivity index (χ3n) is 4.06. The Kier molecular flexibility index (Phi) is 4.85. The third kappa shape index (κ3) is 4.08. The Morgan fingerprint density at radius 2 is 1.59 bits per heavy atom. The van der Waals surface area contributed by atoms with E-state index in [-0.39, 0.29) is 11.7 Å². The molecule has 1 amide bonds. The highest BCUT2D eigenvalue weighted by molar-refractivity contribution is 6.05. The van der Waals surface area contributed by atoms with Crippen LogP contribution in [0.3, 0.4) is 0 Å². The average molecular weight is 415 g/mol. The quantitative estimate of drug-likeness (QED) is 0.638. The van der Waals surface area contributed by atoms with Crippen molar-refractivity contribution in [1.29, 1.82) is 0 Å². The molecule has 3 rings (SSSR count). The van der Waals surface area contributed by atoms with Gasteiger partial charge in [0, 0.05) is 24.3 Å². The fourth-order valence-electron chi connectivity index (χ4n) is 2.68. The topological polar surface area (TPSA) is 64.0 Å². The molecule has 2 aromatic heterocycles. The normalized spacial score (nSPS) is 12.2. The minimum atomic E-state index is -5.06. The molecular formula is C18H11F6N3O2. The van der Waals surface area contributed by atoms with Crippen molar-refractivity contribution >= 4 is 22.6 Å². The summed E-state index contributed by atoms with van der Waals surface area (Å²) >= 11 is 0. The van der Waals surface area contributed by atoms with Gasteiger partial charge in [-0.1, -0.05) is 0 Å². The number of halogens is 6. The molecule has 0 aliphatic heterocycles. The van der Waals surface area contributed by atoms with Crippen molar-refractivity contribution in [3.63, 3.8) is 0 Å². The van der Waals surface area contributed by atoms with Gasteiger partial charge >= 0.3 is 12.4 Å². The van der Waals surface area contributed by atoms with Crippen LogP contribution in [0.5, 0.6) is 0 Å². The molecule has 2 heterocycles. The van der Waals surface area contributed by atoms with Gasteiger partial charge < -0.3 is 5.32 Å². The summed E-state index contributed by atoms with van der Waals surface area (Å²) < 4.78 is 78.7. The molecule has 0 fully saturated rings. The number of nitrogens with zero attached hydrogens (tertiary/aromatic N) is 2. The highest BCUT2D eigenvalue weighted by Gasteiger charge is 2.37. The summed E-state index contributed by atoms with van der Waals surface area (Å²) in [6, 6.07) is 4.91. The van der Waals surface area contributed by atoms with E-state index in [1.165, 1.54) is 19.3 Å². The monoisotopic (exact) mass is 415 g/mol. The maximum absolute atomic E-state index is 12.9. The first-order valence-corrected chi connectivity index (χ1v) is 7.93. The van der Waals surface area contributed by atoms with E-state index in [4.69, 9.17) is 0 Å². The largest absolute Gasteiger partial charge is 0.416 e. The number of benzene rings is 1. The van der Waals surface area contributed by atoms with Crippen LogP contribution in [0.25, 0.3) is 11.0 Å². The maximum Gasteiger partial charge on any atom is 0.416 e. The number of carbonyl (C=O) groups is 1. The Morgan fingerprint density at radius 3 is 2.14 bits per heavy atom. The minimum Gasteiger partial charge on any atom is -0.322 e. The number of amides is 1. The number of fused-ring (bicyclic) bond motifs is 1. The average Bonchev–Trinajstić information content (AvgIpc) is 2.63. The Labute approximate surface area is 158 Å². The molecule has 11 heteroatoms. The van der Waals surface area contributed by atoms with Crippen molar-refractivity contribution < 1.29 is 31.1 Å². The Bertz CT molecular complexity index is 1130. The van der Waals surface area contributed by atoms with Crippen molar-refractivity contribution in [3.05, 3.63) is 69.6 Å². The van der Waals surface area contributed by atoms with Crippen LogP contribution in [0.2, 0.25) is 0 Å². The van der Waals surface area contributed by atoms with Gasteiger partial charge in [0.05, 0.1) is 11.1 Å². The molecule has 0 radical (unpaired) electrons. The number of pyridine rings is 2. The van der Waals surface area contributed by atoms with Gasteiger partial charge in [-0.15, -0.1) is 0 Å². The standard InChI is InChI=1S/C18H11F6N3O2/c1-27-14-9(3-2-4-25-14)5-13(16(27)29)15(28)26-12-7-10(17(19,20)21)6-11(8-12)18(22,23)24/h2-8H,1H3,(H,26,28).